The summed E-state index contributed by atoms with van der Waals surface area (Å²) in [6.07, 6.45) is 5.56. The van der Waals surface area contributed by atoms with Crippen LogP contribution in [-0.4, -0.2) is 108 Å². The molecular formula is C32H59N2O8S+. The molecule has 0 bridgehead atoms. The monoisotopic (exact) mass is 631 g/mol. The second-order valence-electron chi connectivity index (χ2n) is 16.0. The first-order chi connectivity index (χ1) is 19.9. The molecule has 5 unspecified atom stereocenters. The van der Waals surface area contributed by atoms with Crippen molar-refractivity contribution in [3.8, 4) is 0 Å². The van der Waals surface area contributed by atoms with Gasteiger partial charge in [-0.1, -0.05) is 20.8 Å². The maximum absolute atomic E-state index is 12.7. The van der Waals surface area contributed by atoms with Gasteiger partial charge in [-0.25, -0.2) is 0 Å². The fraction of sp³-hybridized carbons (Fsp3) is 0.969. The number of likely N-dealkylation sites (N-methyl/N-ethyl adjacent to an activating group) is 1. The summed E-state index contributed by atoms with van der Waals surface area (Å²) in [6, 6.07) is 0. The molecule has 0 spiro atoms. The number of quaternary nitrogens is 1. The molecule has 12 atom stereocenters. The van der Waals surface area contributed by atoms with Crippen molar-refractivity contribution < 1.29 is 42.7 Å². The molecule has 10 nitrogen and oxygen atoms in total. The predicted molar refractivity (Wildman–Crippen MR) is 164 cm³/mol. The summed E-state index contributed by atoms with van der Waals surface area (Å²) in [5.74, 6) is 0.890. The van der Waals surface area contributed by atoms with E-state index in [2.05, 4.69) is 26.1 Å². The van der Waals surface area contributed by atoms with Gasteiger partial charge in [-0.3, -0.25) is 9.35 Å². The third kappa shape index (κ3) is 7.60. The minimum atomic E-state index is -4.23. The van der Waals surface area contributed by atoms with Gasteiger partial charge in [-0.15, -0.1) is 0 Å². The Morgan fingerprint density at radius 2 is 1.74 bits per heavy atom. The zero-order chi connectivity index (χ0) is 32.0. The molecule has 1 amide bonds. The highest BCUT2D eigenvalue weighted by atomic mass is 32.2. The largest absolute Gasteiger partial charge is 0.393 e. The molecule has 0 aromatic rings. The van der Waals surface area contributed by atoms with E-state index in [9.17, 15) is 33.6 Å². The Morgan fingerprint density at radius 1 is 1.05 bits per heavy atom. The van der Waals surface area contributed by atoms with Gasteiger partial charge in [-0.05, 0) is 97.7 Å². The van der Waals surface area contributed by atoms with E-state index in [4.69, 9.17) is 4.55 Å². The van der Waals surface area contributed by atoms with Crippen LogP contribution in [0.25, 0.3) is 0 Å². The molecule has 4 aliphatic carbocycles. The summed E-state index contributed by atoms with van der Waals surface area (Å²) in [5, 5.41) is 46.5. The van der Waals surface area contributed by atoms with E-state index in [0.717, 1.165) is 44.9 Å². The number of rotatable bonds is 12. The van der Waals surface area contributed by atoms with E-state index >= 15 is 0 Å². The molecule has 4 rings (SSSR count). The molecule has 11 heteroatoms. The van der Waals surface area contributed by atoms with Gasteiger partial charge in [-0.2, -0.15) is 8.42 Å². The number of fused-ring (bicyclic) bond motifs is 5. The van der Waals surface area contributed by atoms with Crippen LogP contribution in [0.4, 0.5) is 0 Å². The maximum atomic E-state index is 12.7. The zero-order valence-electron chi connectivity index (χ0n) is 27.0. The molecule has 0 saturated heterocycles. The summed E-state index contributed by atoms with van der Waals surface area (Å²) in [6.45, 7) is 8.10. The Morgan fingerprint density at radius 3 is 2.42 bits per heavy atom. The zero-order valence-corrected chi connectivity index (χ0v) is 27.8. The standard InChI is InChI=1S/C32H58N2O8S/c1-20(7-10-29(39)33-13-6-14-34(4,5)18-23(36)19-43(40,41)42)24-8-9-25-30-26(17-28(38)32(24,25)3)31(2)12-11-22(35)15-21(31)16-27(30)37/h20-28,30,35-38H,6-19H2,1-5H3,(H-,33,39,40,41,42)/p+1/t20-,21+,22-,23?,24-,25?,26?,27?,28+,30?,31+,32-/m1/s1. The Balaban J connectivity index is 1.27. The van der Waals surface area contributed by atoms with Crippen LogP contribution >= 0.6 is 0 Å². The van der Waals surface area contributed by atoms with Gasteiger partial charge < -0.3 is 30.2 Å². The van der Waals surface area contributed by atoms with Crippen molar-refractivity contribution in [3.05, 3.63) is 0 Å². The molecule has 43 heavy (non-hydrogen) atoms. The second kappa shape index (κ2) is 13.1. The number of aliphatic hydroxyl groups is 4. The molecule has 0 aromatic carbocycles. The van der Waals surface area contributed by atoms with Gasteiger partial charge in [0.2, 0.25) is 5.91 Å². The van der Waals surface area contributed by atoms with Crippen LogP contribution in [0.5, 0.6) is 0 Å². The number of carbonyl (C=O) groups excluding carboxylic acids is 1. The highest BCUT2D eigenvalue weighted by molar-refractivity contribution is 7.85. The molecule has 250 valence electrons. The van der Waals surface area contributed by atoms with Gasteiger partial charge in [0.25, 0.3) is 10.1 Å². The summed E-state index contributed by atoms with van der Waals surface area (Å²) in [7, 11) is -0.484. The van der Waals surface area contributed by atoms with Crippen LogP contribution in [0, 0.1) is 46.3 Å². The molecule has 0 aliphatic heterocycles. The van der Waals surface area contributed by atoms with Gasteiger partial charge >= 0.3 is 0 Å². The number of carbonyl (C=O) groups is 1. The van der Waals surface area contributed by atoms with Crippen molar-refractivity contribution in [2.45, 2.75) is 109 Å². The number of hydrogen-bond acceptors (Lipinski definition) is 7. The lowest BCUT2D eigenvalue weighted by atomic mass is 9.43. The first-order valence-corrected chi connectivity index (χ1v) is 18.2. The van der Waals surface area contributed by atoms with Crippen molar-refractivity contribution in [2.75, 3.05) is 39.5 Å². The van der Waals surface area contributed by atoms with Crippen molar-refractivity contribution in [3.63, 3.8) is 0 Å². The Labute approximate surface area is 259 Å². The molecular weight excluding hydrogens is 572 g/mol. The SMILES string of the molecule is C[C@H](CCC(=O)NCCC[N+](C)(C)CC(O)CS(=O)(=O)O)[C@H]1CCC2C3C(O)C[C@@H]4C[C@H](O)CC[C@]4(C)C3C[C@H](O)[C@@]21C. The first-order valence-electron chi connectivity index (χ1n) is 16.6. The lowest BCUT2D eigenvalue weighted by molar-refractivity contribution is -0.893. The second-order valence-corrected chi connectivity index (χ2v) is 17.5. The lowest BCUT2D eigenvalue weighted by Gasteiger charge is -2.63. The Hall–Kier alpha value is -0.820. The number of amides is 1. The predicted octanol–water partition coefficient (Wildman–Crippen LogP) is 2.20. The minimum absolute atomic E-state index is 0.00585. The Kier molecular flexibility index (Phi) is 10.7. The average molecular weight is 632 g/mol. The summed E-state index contributed by atoms with van der Waals surface area (Å²) >= 11 is 0. The van der Waals surface area contributed by atoms with Crippen LogP contribution in [0.2, 0.25) is 0 Å². The van der Waals surface area contributed by atoms with Crippen molar-refractivity contribution in [1.29, 1.82) is 0 Å². The van der Waals surface area contributed by atoms with E-state index in [0.29, 0.717) is 48.7 Å². The summed E-state index contributed by atoms with van der Waals surface area (Å²) in [4.78, 5) is 12.7. The molecule has 4 aliphatic rings. The van der Waals surface area contributed by atoms with E-state index in [-0.39, 0.29) is 59.2 Å². The minimum Gasteiger partial charge on any atom is -0.393 e. The summed E-state index contributed by atoms with van der Waals surface area (Å²) in [5.41, 5.74) is -0.222. The van der Waals surface area contributed by atoms with Crippen LogP contribution < -0.4 is 5.32 Å². The first kappa shape index (κ1) is 35.0. The van der Waals surface area contributed by atoms with Crippen LogP contribution in [0.15, 0.2) is 0 Å². The molecule has 0 radical (unpaired) electrons. The number of hydrogen-bond donors (Lipinski definition) is 6. The Bertz CT molecular complexity index is 1090. The van der Waals surface area contributed by atoms with E-state index in [1.807, 2.05) is 14.1 Å². The smallest absolute Gasteiger partial charge is 0.267 e. The van der Waals surface area contributed by atoms with E-state index < -0.39 is 28.1 Å². The highest BCUT2D eigenvalue weighted by Gasteiger charge is 2.65. The number of nitrogens with zero attached hydrogens (tertiary/aromatic N) is 1. The van der Waals surface area contributed by atoms with Gasteiger partial charge in [0.05, 0.1) is 39.0 Å². The third-order valence-corrected chi connectivity index (χ3v) is 13.5. The van der Waals surface area contributed by atoms with Crippen molar-refractivity contribution >= 4 is 16.0 Å². The van der Waals surface area contributed by atoms with Gasteiger partial charge in [0.15, 0.2) is 0 Å². The molecule has 6 N–H and O–H groups in total. The quantitative estimate of drug-likeness (QED) is 0.108. The highest BCUT2D eigenvalue weighted by Crippen LogP contribution is 2.68. The topological polar surface area (TPSA) is 164 Å². The molecule has 4 fully saturated rings. The van der Waals surface area contributed by atoms with Crippen LogP contribution in [0.3, 0.4) is 0 Å². The third-order valence-electron chi connectivity index (χ3n) is 12.7. The fourth-order valence-electron chi connectivity index (χ4n) is 10.5. The molecule has 0 heterocycles. The van der Waals surface area contributed by atoms with Crippen LogP contribution in [-0.2, 0) is 14.9 Å². The van der Waals surface area contributed by atoms with Crippen molar-refractivity contribution in [2.24, 2.45) is 46.3 Å². The number of nitrogens with one attached hydrogen (secondary N) is 1. The number of aliphatic hydroxyl groups excluding tert-OH is 4. The van der Waals surface area contributed by atoms with Gasteiger partial charge in [0, 0.05) is 19.4 Å². The van der Waals surface area contributed by atoms with E-state index in [1.165, 1.54) is 0 Å². The fourth-order valence-corrected chi connectivity index (χ4v) is 11.1. The maximum Gasteiger partial charge on any atom is 0.267 e. The van der Waals surface area contributed by atoms with Gasteiger partial charge in [0.1, 0.15) is 18.4 Å². The lowest BCUT2D eigenvalue weighted by Crippen LogP contribution is -2.62. The van der Waals surface area contributed by atoms with E-state index in [1.54, 1.807) is 0 Å². The average Bonchev–Trinajstić information content (AvgIpc) is 3.24. The molecule has 0 aromatic heterocycles. The summed E-state index contributed by atoms with van der Waals surface area (Å²) < 4.78 is 31.3. The molecule has 4 saturated carbocycles. The normalized spacial score (nSPS) is 41.1. The van der Waals surface area contributed by atoms with Crippen molar-refractivity contribution in [1.82, 2.24) is 5.32 Å². The van der Waals surface area contributed by atoms with Crippen LogP contribution in [0.1, 0.15) is 85.0 Å².